The SMILES string of the molecule is CC(C)N1CCN(C(=O)CCOc2ccccc2)CC1. The van der Waals surface area contributed by atoms with Crippen molar-refractivity contribution in [1.29, 1.82) is 0 Å². The molecule has 0 spiro atoms. The first-order chi connectivity index (χ1) is 9.66. The fraction of sp³-hybridized carbons (Fsp3) is 0.562. The molecule has 20 heavy (non-hydrogen) atoms. The lowest BCUT2D eigenvalue weighted by Crippen LogP contribution is -2.50. The van der Waals surface area contributed by atoms with Crippen LogP contribution in [-0.4, -0.2) is 54.5 Å². The summed E-state index contributed by atoms with van der Waals surface area (Å²) in [5.41, 5.74) is 0. The number of carbonyl (C=O) groups excluding carboxylic acids is 1. The van der Waals surface area contributed by atoms with E-state index in [4.69, 9.17) is 4.74 Å². The predicted octanol–water partition coefficient (Wildman–Crippen LogP) is 2.01. The van der Waals surface area contributed by atoms with Crippen molar-refractivity contribution >= 4 is 5.91 Å². The van der Waals surface area contributed by atoms with E-state index in [2.05, 4.69) is 18.7 Å². The lowest BCUT2D eigenvalue weighted by atomic mass is 10.2. The highest BCUT2D eigenvalue weighted by molar-refractivity contribution is 5.76. The van der Waals surface area contributed by atoms with Gasteiger partial charge in [-0.2, -0.15) is 0 Å². The van der Waals surface area contributed by atoms with E-state index in [1.165, 1.54) is 0 Å². The van der Waals surface area contributed by atoms with E-state index >= 15 is 0 Å². The van der Waals surface area contributed by atoms with Gasteiger partial charge in [-0.15, -0.1) is 0 Å². The smallest absolute Gasteiger partial charge is 0.226 e. The maximum Gasteiger partial charge on any atom is 0.226 e. The average Bonchev–Trinajstić information content (AvgIpc) is 2.48. The van der Waals surface area contributed by atoms with Crippen molar-refractivity contribution in [2.45, 2.75) is 26.3 Å². The van der Waals surface area contributed by atoms with Crippen molar-refractivity contribution in [3.8, 4) is 5.75 Å². The van der Waals surface area contributed by atoms with Gasteiger partial charge in [0.1, 0.15) is 5.75 Å². The molecule has 0 bridgehead atoms. The van der Waals surface area contributed by atoms with Crippen LogP contribution in [0.1, 0.15) is 20.3 Å². The zero-order valence-corrected chi connectivity index (χ0v) is 12.4. The third kappa shape index (κ3) is 4.23. The Balaban J connectivity index is 1.68. The van der Waals surface area contributed by atoms with Crippen LogP contribution in [-0.2, 0) is 4.79 Å². The van der Waals surface area contributed by atoms with Gasteiger partial charge >= 0.3 is 0 Å². The minimum atomic E-state index is 0.198. The van der Waals surface area contributed by atoms with Gasteiger partial charge in [-0.3, -0.25) is 9.69 Å². The summed E-state index contributed by atoms with van der Waals surface area (Å²) >= 11 is 0. The quantitative estimate of drug-likeness (QED) is 0.824. The Morgan fingerprint density at radius 3 is 2.40 bits per heavy atom. The van der Waals surface area contributed by atoms with E-state index in [1.54, 1.807) is 0 Å². The Bertz CT molecular complexity index is 412. The number of para-hydroxylation sites is 1. The molecule has 0 radical (unpaired) electrons. The number of carbonyl (C=O) groups is 1. The first kappa shape index (κ1) is 14.9. The molecule has 1 fully saturated rings. The summed E-state index contributed by atoms with van der Waals surface area (Å²) in [6.45, 7) is 8.47. The zero-order valence-electron chi connectivity index (χ0n) is 12.4. The van der Waals surface area contributed by atoms with E-state index in [9.17, 15) is 4.79 Å². The summed E-state index contributed by atoms with van der Waals surface area (Å²) in [6.07, 6.45) is 0.455. The monoisotopic (exact) mass is 276 g/mol. The van der Waals surface area contributed by atoms with Gasteiger partial charge in [0, 0.05) is 32.2 Å². The molecule has 1 aromatic rings. The molecule has 1 saturated heterocycles. The molecular formula is C16H24N2O2. The molecule has 2 rings (SSSR count). The molecule has 1 heterocycles. The van der Waals surface area contributed by atoms with Crippen molar-refractivity contribution in [1.82, 2.24) is 9.80 Å². The molecule has 0 atom stereocenters. The number of hydrogen-bond acceptors (Lipinski definition) is 3. The van der Waals surface area contributed by atoms with Crippen LogP contribution in [0.15, 0.2) is 30.3 Å². The fourth-order valence-electron chi connectivity index (χ4n) is 2.42. The van der Waals surface area contributed by atoms with Gasteiger partial charge in [-0.05, 0) is 26.0 Å². The second kappa shape index (κ2) is 7.29. The van der Waals surface area contributed by atoms with Gasteiger partial charge in [0.05, 0.1) is 13.0 Å². The zero-order chi connectivity index (χ0) is 14.4. The molecule has 0 unspecified atom stereocenters. The Labute approximate surface area is 121 Å². The lowest BCUT2D eigenvalue weighted by Gasteiger charge is -2.37. The fourth-order valence-corrected chi connectivity index (χ4v) is 2.42. The number of rotatable bonds is 5. The van der Waals surface area contributed by atoms with Crippen LogP contribution in [0.2, 0.25) is 0 Å². The third-order valence-electron chi connectivity index (χ3n) is 3.73. The molecule has 4 nitrogen and oxygen atoms in total. The maximum absolute atomic E-state index is 12.1. The van der Waals surface area contributed by atoms with Crippen LogP contribution < -0.4 is 4.74 Å². The summed E-state index contributed by atoms with van der Waals surface area (Å²) in [4.78, 5) is 16.5. The molecule has 110 valence electrons. The largest absolute Gasteiger partial charge is 0.493 e. The predicted molar refractivity (Wildman–Crippen MR) is 79.8 cm³/mol. The minimum Gasteiger partial charge on any atom is -0.493 e. The Morgan fingerprint density at radius 1 is 1.15 bits per heavy atom. The normalized spacial score (nSPS) is 16.4. The highest BCUT2D eigenvalue weighted by Crippen LogP contribution is 2.10. The second-order valence-corrected chi connectivity index (χ2v) is 5.42. The lowest BCUT2D eigenvalue weighted by molar-refractivity contribution is -0.133. The van der Waals surface area contributed by atoms with Gasteiger partial charge in [0.15, 0.2) is 0 Å². The standard InChI is InChI=1S/C16H24N2O2/c1-14(2)17-9-11-18(12-10-17)16(19)8-13-20-15-6-4-3-5-7-15/h3-7,14H,8-13H2,1-2H3. The number of hydrogen-bond donors (Lipinski definition) is 0. The van der Waals surface area contributed by atoms with Crippen molar-refractivity contribution in [2.75, 3.05) is 32.8 Å². The minimum absolute atomic E-state index is 0.198. The maximum atomic E-state index is 12.1. The molecule has 1 aromatic carbocycles. The summed E-state index contributed by atoms with van der Waals surface area (Å²) in [5.74, 6) is 1.02. The van der Waals surface area contributed by atoms with Crippen molar-refractivity contribution < 1.29 is 9.53 Å². The molecule has 4 heteroatoms. The number of ether oxygens (including phenoxy) is 1. The topological polar surface area (TPSA) is 32.8 Å². The van der Waals surface area contributed by atoms with Crippen LogP contribution in [0.3, 0.4) is 0 Å². The van der Waals surface area contributed by atoms with Crippen molar-refractivity contribution in [3.63, 3.8) is 0 Å². The number of benzene rings is 1. The van der Waals surface area contributed by atoms with Crippen molar-refractivity contribution in [3.05, 3.63) is 30.3 Å². The van der Waals surface area contributed by atoms with Gasteiger partial charge in [-0.25, -0.2) is 0 Å². The van der Waals surface area contributed by atoms with E-state index in [0.717, 1.165) is 31.9 Å². The van der Waals surface area contributed by atoms with E-state index in [1.807, 2.05) is 35.2 Å². The molecule has 0 N–H and O–H groups in total. The van der Waals surface area contributed by atoms with Crippen LogP contribution in [0.5, 0.6) is 5.75 Å². The van der Waals surface area contributed by atoms with Crippen LogP contribution >= 0.6 is 0 Å². The summed E-state index contributed by atoms with van der Waals surface area (Å²) in [6, 6.07) is 10.2. The summed E-state index contributed by atoms with van der Waals surface area (Å²) in [7, 11) is 0. The van der Waals surface area contributed by atoms with Gasteiger partial charge in [-0.1, -0.05) is 18.2 Å². The molecular weight excluding hydrogens is 252 g/mol. The van der Waals surface area contributed by atoms with Crippen LogP contribution in [0.4, 0.5) is 0 Å². The van der Waals surface area contributed by atoms with Gasteiger partial charge < -0.3 is 9.64 Å². The molecule has 0 aromatic heterocycles. The number of amides is 1. The number of piperazine rings is 1. The summed E-state index contributed by atoms with van der Waals surface area (Å²) in [5, 5.41) is 0. The van der Waals surface area contributed by atoms with Crippen molar-refractivity contribution in [2.24, 2.45) is 0 Å². The van der Waals surface area contributed by atoms with Crippen LogP contribution in [0.25, 0.3) is 0 Å². The number of nitrogens with zero attached hydrogens (tertiary/aromatic N) is 2. The van der Waals surface area contributed by atoms with E-state index in [-0.39, 0.29) is 5.91 Å². The highest BCUT2D eigenvalue weighted by Gasteiger charge is 2.21. The third-order valence-corrected chi connectivity index (χ3v) is 3.73. The molecule has 0 saturated carbocycles. The van der Waals surface area contributed by atoms with Gasteiger partial charge in [0.2, 0.25) is 5.91 Å². The Morgan fingerprint density at radius 2 is 1.80 bits per heavy atom. The Hall–Kier alpha value is -1.55. The molecule has 1 amide bonds. The summed E-state index contributed by atoms with van der Waals surface area (Å²) < 4.78 is 5.57. The van der Waals surface area contributed by atoms with Gasteiger partial charge in [0.25, 0.3) is 0 Å². The first-order valence-corrected chi connectivity index (χ1v) is 7.36. The van der Waals surface area contributed by atoms with E-state index in [0.29, 0.717) is 19.1 Å². The average molecular weight is 276 g/mol. The first-order valence-electron chi connectivity index (χ1n) is 7.36. The second-order valence-electron chi connectivity index (χ2n) is 5.42. The molecule has 1 aliphatic heterocycles. The molecule has 0 aliphatic carbocycles. The van der Waals surface area contributed by atoms with Crippen LogP contribution in [0, 0.1) is 0 Å². The Kier molecular flexibility index (Phi) is 5.41. The van der Waals surface area contributed by atoms with E-state index < -0.39 is 0 Å². The molecule has 1 aliphatic rings. The highest BCUT2D eigenvalue weighted by atomic mass is 16.5.